The fourth-order valence-corrected chi connectivity index (χ4v) is 0.891. The van der Waals surface area contributed by atoms with E-state index in [0.717, 1.165) is 5.56 Å². The summed E-state index contributed by atoms with van der Waals surface area (Å²) in [6.45, 7) is 0.546. The molecule has 0 spiro atoms. The molecule has 72 valence electrons. The SMILES string of the molecule is NCCc1ccc(O)c(O)c1.[Se]=[Se]. The molecule has 1 aromatic carbocycles. The monoisotopic (exact) mass is 313 g/mol. The summed E-state index contributed by atoms with van der Waals surface area (Å²) >= 11 is 5.00. The molecule has 0 aliphatic rings. The number of hydrogen-bond donors (Lipinski definition) is 3. The number of nitrogens with two attached hydrogens (primary N) is 1. The second-order valence-electron chi connectivity index (χ2n) is 2.36. The first-order valence-electron chi connectivity index (χ1n) is 3.61. The summed E-state index contributed by atoms with van der Waals surface area (Å²) < 4.78 is 0. The third kappa shape index (κ3) is 4.55. The number of aromatic hydroxyl groups is 2. The van der Waals surface area contributed by atoms with Gasteiger partial charge in [0.1, 0.15) is 0 Å². The second-order valence-corrected chi connectivity index (χ2v) is 2.36. The van der Waals surface area contributed by atoms with Crippen LogP contribution in [0.3, 0.4) is 0 Å². The third-order valence-electron chi connectivity index (χ3n) is 1.47. The molecule has 0 radical (unpaired) electrons. The van der Waals surface area contributed by atoms with E-state index in [1.165, 1.54) is 12.1 Å². The summed E-state index contributed by atoms with van der Waals surface area (Å²) in [4.78, 5) is 0. The van der Waals surface area contributed by atoms with E-state index in [0.29, 0.717) is 13.0 Å². The number of benzene rings is 1. The van der Waals surface area contributed by atoms with Gasteiger partial charge < -0.3 is 15.9 Å². The molecular weight excluding hydrogens is 300 g/mol. The van der Waals surface area contributed by atoms with E-state index < -0.39 is 0 Å². The number of hydrogen-bond acceptors (Lipinski definition) is 3. The molecule has 0 saturated heterocycles. The Morgan fingerprint density at radius 1 is 1.15 bits per heavy atom. The van der Waals surface area contributed by atoms with Gasteiger partial charge in [0.25, 0.3) is 0 Å². The predicted octanol–water partition coefficient (Wildman–Crippen LogP) is -0.163. The van der Waals surface area contributed by atoms with Crippen molar-refractivity contribution in [3.63, 3.8) is 0 Å². The van der Waals surface area contributed by atoms with Crippen LogP contribution in [0, 0.1) is 0 Å². The molecule has 0 heterocycles. The molecule has 0 amide bonds. The molecule has 5 heteroatoms. The minimum absolute atomic E-state index is 0.0871. The number of rotatable bonds is 2. The fourth-order valence-electron chi connectivity index (χ4n) is 0.891. The summed E-state index contributed by atoms with van der Waals surface area (Å²) in [6.07, 6.45) is 0.716. The van der Waals surface area contributed by atoms with Crippen LogP contribution in [0.4, 0.5) is 0 Å². The number of phenols is 2. The zero-order valence-corrected chi connectivity index (χ0v) is 10.4. The Morgan fingerprint density at radius 2 is 1.77 bits per heavy atom. The average Bonchev–Trinajstić information content (AvgIpc) is 2.15. The Morgan fingerprint density at radius 3 is 2.23 bits per heavy atom. The van der Waals surface area contributed by atoms with Gasteiger partial charge in [0.15, 0.2) is 11.5 Å². The molecule has 4 N–H and O–H groups in total. The van der Waals surface area contributed by atoms with E-state index in [2.05, 4.69) is 27.3 Å². The standard InChI is InChI=1S/C8H11NO2.Se2/c9-4-3-6-1-2-7(10)8(11)5-6;1-2/h1-2,5,10-11H,3-4,9H2;. The van der Waals surface area contributed by atoms with Crippen LogP contribution in [0.1, 0.15) is 5.56 Å². The molecule has 0 aromatic heterocycles. The molecule has 0 atom stereocenters. The van der Waals surface area contributed by atoms with E-state index in [1.807, 2.05) is 0 Å². The van der Waals surface area contributed by atoms with Crippen LogP contribution >= 0.6 is 0 Å². The topological polar surface area (TPSA) is 66.5 Å². The van der Waals surface area contributed by atoms with E-state index in [4.69, 9.17) is 15.9 Å². The van der Waals surface area contributed by atoms with Crippen molar-refractivity contribution in [3.8, 4) is 11.5 Å². The molecule has 0 unspecified atom stereocenters. The Labute approximate surface area is 91.4 Å². The maximum absolute atomic E-state index is 9.04. The van der Waals surface area contributed by atoms with E-state index in [9.17, 15) is 0 Å². The van der Waals surface area contributed by atoms with Crippen molar-refractivity contribution in [2.45, 2.75) is 6.42 Å². The molecule has 0 aliphatic heterocycles. The zero-order valence-electron chi connectivity index (χ0n) is 6.93. The van der Waals surface area contributed by atoms with Gasteiger partial charge in [-0.05, 0) is 30.7 Å². The molecule has 1 rings (SSSR count). The van der Waals surface area contributed by atoms with Gasteiger partial charge in [0.05, 0.1) is 0 Å². The van der Waals surface area contributed by atoms with Crippen LogP contribution in [0.5, 0.6) is 11.5 Å². The van der Waals surface area contributed by atoms with Crippen molar-refractivity contribution >= 4 is 27.3 Å². The number of phenolic OH excluding ortho intramolecular Hbond substituents is 2. The normalized spacial score (nSPS) is 8.69. The summed E-state index contributed by atoms with van der Waals surface area (Å²) in [6, 6.07) is 4.71. The quantitative estimate of drug-likeness (QED) is 0.525. The van der Waals surface area contributed by atoms with E-state index in [-0.39, 0.29) is 11.5 Å². The van der Waals surface area contributed by atoms with Gasteiger partial charge in [0, 0.05) is 0 Å². The Bertz CT molecular complexity index is 268. The molecule has 0 fully saturated rings. The molecule has 0 aliphatic carbocycles. The Hall–Kier alpha value is -0.181. The Balaban J connectivity index is 0.000000671. The van der Waals surface area contributed by atoms with Crippen molar-refractivity contribution in [2.75, 3.05) is 6.54 Å². The van der Waals surface area contributed by atoms with Gasteiger partial charge in [-0.15, -0.1) is 0 Å². The molecule has 0 saturated carbocycles. The van der Waals surface area contributed by atoms with Crippen LogP contribution in [0.15, 0.2) is 18.2 Å². The maximum atomic E-state index is 9.04. The summed E-state index contributed by atoms with van der Waals surface area (Å²) in [5, 5.41) is 18.0. The van der Waals surface area contributed by atoms with Gasteiger partial charge in [-0.1, -0.05) is 6.07 Å². The predicted molar refractivity (Wildman–Crippen MR) is 54.0 cm³/mol. The molecule has 13 heavy (non-hydrogen) atoms. The summed E-state index contributed by atoms with van der Waals surface area (Å²) in [7, 11) is 0. The van der Waals surface area contributed by atoms with Gasteiger partial charge >= 0.3 is 27.3 Å². The summed E-state index contributed by atoms with van der Waals surface area (Å²) in [5.41, 5.74) is 6.24. The van der Waals surface area contributed by atoms with E-state index in [1.54, 1.807) is 6.07 Å². The molecule has 3 nitrogen and oxygen atoms in total. The first kappa shape index (κ1) is 12.8. The third-order valence-corrected chi connectivity index (χ3v) is 1.47. The van der Waals surface area contributed by atoms with Gasteiger partial charge in [-0.3, -0.25) is 0 Å². The van der Waals surface area contributed by atoms with Crippen molar-refractivity contribution < 1.29 is 10.2 Å². The zero-order chi connectivity index (χ0) is 10.3. The van der Waals surface area contributed by atoms with Crippen LogP contribution in [0.2, 0.25) is 0 Å². The Kier molecular flexibility index (Phi) is 7.14. The fraction of sp³-hybridized carbons (Fsp3) is 0.250. The van der Waals surface area contributed by atoms with Crippen molar-refractivity contribution in [1.82, 2.24) is 0 Å². The second kappa shape index (κ2) is 7.24. The van der Waals surface area contributed by atoms with Gasteiger partial charge in [-0.25, -0.2) is 0 Å². The first-order valence-corrected chi connectivity index (χ1v) is 7.95. The van der Waals surface area contributed by atoms with Crippen molar-refractivity contribution in [1.29, 1.82) is 0 Å². The van der Waals surface area contributed by atoms with Gasteiger partial charge in [0.2, 0.25) is 0 Å². The molecular formula is C8H11NO2Se2. The van der Waals surface area contributed by atoms with Crippen LogP contribution in [-0.4, -0.2) is 44.1 Å². The van der Waals surface area contributed by atoms with Crippen molar-refractivity contribution in [2.24, 2.45) is 5.73 Å². The van der Waals surface area contributed by atoms with Crippen LogP contribution in [-0.2, 0) is 6.42 Å². The molecule has 0 bridgehead atoms. The average molecular weight is 311 g/mol. The first-order chi connectivity index (χ1) is 6.24. The minimum atomic E-state index is -0.0919. The molecule has 1 aromatic rings. The van der Waals surface area contributed by atoms with Crippen LogP contribution < -0.4 is 5.73 Å². The van der Waals surface area contributed by atoms with Crippen molar-refractivity contribution in [3.05, 3.63) is 23.8 Å². The van der Waals surface area contributed by atoms with E-state index >= 15 is 0 Å². The van der Waals surface area contributed by atoms with Crippen LogP contribution in [0.25, 0.3) is 0 Å². The van der Waals surface area contributed by atoms with Gasteiger partial charge in [-0.2, -0.15) is 0 Å². The summed E-state index contributed by atoms with van der Waals surface area (Å²) in [5.74, 6) is -0.179.